The predicted octanol–water partition coefficient (Wildman–Crippen LogP) is 2.03. The fourth-order valence-corrected chi connectivity index (χ4v) is 1.75. The van der Waals surface area contributed by atoms with Crippen LogP contribution in [0.4, 0.5) is 0 Å². The SMILES string of the molecule is COC(=O)C(O)c1ccc2c(Cl)c[nH]c2c1. The molecule has 84 valence electrons. The molecule has 0 fully saturated rings. The lowest BCUT2D eigenvalue weighted by molar-refractivity contribution is -0.150. The Bertz CT molecular complexity index is 535. The molecule has 1 heterocycles. The summed E-state index contributed by atoms with van der Waals surface area (Å²) in [5.41, 5.74) is 1.24. The van der Waals surface area contributed by atoms with Crippen molar-refractivity contribution in [3.8, 4) is 0 Å². The van der Waals surface area contributed by atoms with Gasteiger partial charge in [-0.25, -0.2) is 4.79 Å². The van der Waals surface area contributed by atoms with E-state index in [1.165, 1.54) is 7.11 Å². The first-order valence-electron chi connectivity index (χ1n) is 4.66. The van der Waals surface area contributed by atoms with E-state index in [2.05, 4.69) is 9.72 Å². The van der Waals surface area contributed by atoms with Gasteiger partial charge in [0.1, 0.15) is 0 Å². The van der Waals surface area contributed by atoms with Gasteiger partial charge >= 0.3 is 5.97 Å². The number of hydrogen-bond donors (Lipinski definition) is 2. The number of aliphatic hydroxyl groups is 1. The van der Waals surface area contributed by atoms with Crippen molar-refractivity contribution in [3.05, 3.63) is 35.0 Å². The van der Waals surface area contributed by atoms with E-state index >= 15 is 0 Å². The Hall–Kier alpha value is -1.52. The lowest BCUT2D eigenvalue weighted by atomic mass is 10.1. The first kappa shape index (κ1) is 11.0. The van der Waals surface area contributed by atoms with E-state index in [0.717, 1.165) is 10.9 Å². The predicted molar refractivity (Wildman–Crippen MR) is 60.3 cm³/mol. The molecule has 2 aromatic rings. The van der Waals surface area contributed by atoms with Crippen LogP contribution in [0.2, 0.25) is 5.02 Å². The summed E-state index contributed by atoms with van der Waals surface area (Å²) in [5, 5.41) is 11.1. The van der Waals surface area contributed by atoms with Crippen LogP contribution in [0.15, 0.2) is 24.4 Å². The number of nitrogens with one attached hydrogen (secondary N) is 1. The highest BCUT2D eigenvalue weighted by Crippen LogP contribution is 2.26. The molecule has 0 aliphatic rings. The topological polar surface area (TPSA) is 62.3 Å². The lowest BCUT2D eigenvalue weighted by Gasteiger charge is -2.08. The van der Waals surface area contributed by atoms with Gasteiger partial charge in [-0.1, -0.05) is 23.7 Å². The fraction of sp³-hybridized carbons (Fsp3) is 0.182. The molecular weight excluding hydrogens is 230 g/mol. The van der Waals surface area contributed by atoms with E-state index < -0.39 is 12.1 Å². The molecule has 2 rings (SSSR count). The number of carbonyl (C=O) groups is 1. The largest absolute Gasteiger partial charge is 0.467 e. The maximum Gasteiger partial charge on any atom is 0.339 e. The van der Waals surface area contributed by atoms with Gasteiger partial charge < -0.3 is 14.8 Å². The molecule has 0 saturated heterocycles. The van der Waals surface area contributed by atoms with Crippen LogP contribution < -0.4 is 0 Å². The first-order valence-corrected chi connectivity index (χ1v) is 5.03. The fourth-order valence-electron chi connectivity index (χ4n) is 1.53. The lowest BCUT2D eigenvalue weighted by Crippen LogP contribution is -2.13. The zero-order valence-corrected chi connectivity index (χ0v) is 9.28. The Morgan fingerprint density at radius 3 is 3.00 bits per heavy atom. The van der Waals surface area contributed by atoms with Gasteiger partial charge in [0.25, 0.3) is 0 Å². The molecule has 1 unspecified atom stereocenters. The second-order valence-electron chi connectivity index (χ2n) is 3.37. The number of aromatic nitrogens is 1. The maximum atomic E-state index is 11.1. The zero-order valence-electron chi connectivity index (χ0n) is 8.53. The normalized spacial score (nSPS) is 12.7. The summed E-state index contributed by atoms with van der Waals surface area (Å²) in [6.07, 6.45) is 0.386. The van der Waals surface area contributed by atoms with Crippen LogP contribution in [0.5, 0.6) is 0 Å². The molecule has 0 spiro atoms. The summed E-state index contributed by atoms with van der Waals surface area (Å²) >= 11 is 5.91. The third-order valence-corrected chi connectivity index (χ3v) is 2.71. The molecule has 16 heavy (non-hydrogen) atoms. The van der Waals surface area contributed by atoms with Gasteiger partial charge in [-0.15, -0.1) is 0 Å². The molecule has 0 aliphatic heterocycles. The Labute approximate surface area is 96.8 Å². The molecule has 5 heteroatoms. The number of esters is 1. The first-order chi connectivity index (χ1) is 7.63. The number of aromatic amines is 1. The number of ether oxygens (including phenoxy) is 1. The number of methoxy groups -OCH3 is 1. The molecule has 0 bridgehead atoms. The quantitative estimate of drug-likeness (QED) is 0.789. The van der Waals surface area contributed by atoms with Gasteiger partial charge in [-0.3, -0.25) is 0 Å². The number of H-pyrrole nitrogens is 1. The smallest absolute Gasteiger partial charge is 0.339 e. The minimum Gasteiger partial charge on any atom is -0.467 e. The summed E-state index contributed by atoms with van der Waals surface area (Å²) in [4.78, 5) is 14.1. The van der Waals surface area contributed by atoms with Crippen LogP contribution in [-0.4, -0.2) is 23.2 Å². The van der Waals surface area contributed by atoms with E-state index in [1.54, 1.807) is 24.4 Å². The zero-order chi connectivity index (χ0) is 11.7. The maximum absolute atomic E-state index is 11.1. The third-order valence-electron chi connectivity index (χ3n) is 2.40. The van der Waals surface area contributed by atoms with Crippen LogP contribution in [0, 0.1) is 0 Å². The second-order valence-corrected chi connectivity index (χ2v) is 3.77. The third kappa shape index (κ3) is 1.77. The van der Waals surface area contributed by atoms with Gasteiger partial charge in [-0.05, 0) is 11.6 Å². The Balaban J connectivity index is 2.43. The van der Waals surface area contributed by atoms with Crippen LogP contribution >= 0.6 is 11.6 Å². The summed E-state index contributed by atoms with van der Waals surface area (Å²) in [7, 11) is 1.23. The standard InChI is InChI=1S/C11H10ClNO3/c1-16-11(15)10(14)6-2-3-7-8(12)5-13-9(7)4-6/h2-5,10,13-14H,1H3. The van der Waals surface area contributed by atoms with Crippen LogP contribution in [0.3, 0.4) is 0 Å². The number of benzene rings is 1. The summed E-state index contributed by atoms with van der Waals surface area (Å²) in [6.45, 7) is 0. The molecule has 0 saturated carbocycles. The van der Waals surface area contributed by atoms with Crippen molar-refractivity contribution in [2.75, 3.05) is 7.11 Å². The van der Waals surface area contributed by atoms with Crippen LogP contribution in [0.25, 0.3) is 10.9 Å². The summed E-state index contributed by atoms with van der Waals surface area (Å²) in [6, 6.07) is 5.06. The minimum atomic E-state index is -1.27. The number of rotatable bonds is 2. The molecule has 1 atom stereocenters. The van der Waals surface area contributed by atoms with E-state index in [4.69, 9.17) is 11.6 Å². The highest BCUT2D eigenvalue weighted by atomic mass is 35.5. The average Bonchev–Trinajstić information content (AvgIpc) is 2.68. The van der Waals surface area contributed by atoms with Crippen molar-refractivity contribution in [1.82, 2.24) is 4.98 Å². The van der Waals surface area contributed by atoms with E-state index in [-0.39, 0.29) is 0 Å². The molecule has 4 nitrogen and oxygen atoms in total. The Morgan fingerprint density at radius 1 is 1.56 bits per heavy atom. The van der Waals surface area contributed by atoms with Crippen LogP contribution in [0.1, 0.15) is 11.7 Å². The van der Waals surface area contributed by atoms with Crippen molar-refractivity contribution in [1.29, 1.82) is 0 Å². The molecule has 1 aromatic heterocycles. The van der Waals surface area contributed by atoms with Crippen LogP contribution in [-0.2, 0) is 9.53 Å². The summed E-state index contributed by atoms with van der Waals surface area (Å²) in [5.74, 6) is -0.683. The number of fused-ring (bicyclic) bond motifs is 1. The number of hydrogen-bond acceptors (Lipinski definition) is 3. The number of aliphatic hydroxyl groups excluding tert-OH is 1. The highest BCUT2D eigenvalue weighted by molar-refractivity contribution is 6.35. The molecule has 1 aromatic carbocycles. The van der Waals surface area contributed by atoms with E-state index in [1.807, 2.05) is 0 Å². The van der Waals surface area contributed by atoms with Gasteiger partial charge in [0.15, 0.2) is 6.10 Å². The monoisotopic (exact) mass is 239 g/mol. The molecular formula is C11H10ClNO3. The molecule has 0 aliphatic carbocycles. The van der Waals surface area contributed by atoms with E-state index in [0.29, 0.717) is 10.6 Å². The molecule has 0 amide bonds. The van der Waals surface area contributed by atoms with E-state index in [9.17, 15) is 9.90 Å². The van der Waals surface area contributed by atoms with Crippen molar-refractivity contribution in [2.45, 2.75) is 6.10 Å². The average molecular weight is 240 g/mol. The second kappa shape index (κ2) is 4.15. The van der Waals surface area contributed by atoms with Gasteiger partial charge in [0.2, 0.25) is 0 Å². The number of carbonyl (C=O) groups excluding carboxylic acids is 1. The van der Waals surface area contributed by atoms with Gasteiger partial charge in [0, 0.05) is 17.1 Å². The number of halogens is 1. The van der Waals surface area contributed by atoms with Crippen molar-refractivity contribution in [2.24, 2.45) is 0 Å². The molecule has 0 radical (unpaired) electrons. The van der Waals surface area contributed by atoms with Crippen molar-refractivity contribution >= 4 is 28.5 Å². The minimum absolute atomic E-state index is 0.470. The highest BCUT2D eigenvalue weighted by Gasteiger charge is 2.18. The Morgan fingerprint density at radius 2 is 2.31 bits per heavy atom. The van der Waals surface area contributed by atoms with Crippen molar-refractivity contribution in [3.63, 3.8) is 0 Å². The van der Waals surface area contributed by atoms with Gasteiger partial charge in [-0.2, -0.15) is 0 Å². The van der Waals surface area contributed by atoms with Gasteiger partial charge in [0.05, 0.1) is 12.1 Å². The van der Waals surface area contributed by atoms with Crippen molar-refractivity contribution < 1.29 is 14.6 Å². The summed E-state index contributed by atoms with van der Waals surface area (Å²) < 4.78 is 4.46. The Kier molecular flexibility index (Phi) is 2.85. The molecule has 2 N–H and O–H groups in total.